The molecule has 0 aliphatic rings. The van der Waals surface area contributed by atoms with E-state index in [-0.39, 0.29) is 28.8 Å². The molecule has 0 bridgehead atoms. The van der Waals surface area contributed by atoms with Gasteiger partial charge in [-0.15, -0.1) is 0 Å². The number of nitrogens with one attached hydrogen (secondary N) is 1. The molecule has 1 N–H and O–H groups in total. The van der Waals surface area contributed by atoms with Crippen molar-refractivity contribution in [3.8, 4) is 11.5 Å². The minimum Gasteiger partial charge on any atom is -0.497 e. The fraction of sp³-hybridized carbons (Fsp3) is 0.286. The minimum atomic E-state index is -4.22. The second kappa shape index (κ2) is 13.0. The zero-order valence-electron chi connectivity index (χ0n) is 22.0. The number of methoxy groups -OCH3 is 2. The van der Waals surface area contributed by atoms with Crippen molar-refractivity contribution in [3.05, 3.63) is 84.4 Å². The normalized spacial score (nSPS) is 11.8. The summed E-state index contributed by atoms with van der Waals surface area (Å²) in [6.45, 7) is 1.39. The molecule has 0 heterocycles. The van der Waals surface area contributed by atoms with Gasteiger partial charge in [0.25, 0.3) is 10.0 Å². The van der Waals surface area contributed by atoms with Gasteiger partial charge in [0.05, 0.1) is 24.8 Å². The molecule has 10 heteroatoms. The van der Waals surface area contributed by atoms with Crippen LogP contribution in [0, 0.1) is 0 Å². The van der Waals surface area contributed by atoms with Crippen molar-refractivity contribution in [2.75, 3.05) is 32.1 Å². The first kappa shape index (κ1) is 28.5. The fourth-order valence-corrected chi connectivity index (χ4v) is 5.51. The van der Waals surface area contributed by atoms with E-state index in [1.165, 1.54) is 50.4 Å². The van der Waals surface area contributed by atoms with Crippen LogP contribution < -0.4 is 19.1 Å². The van der Waals surface area contributed by atoms with Gasteiger partial charge in [-0.3, -0.25) is 13.9 Å². The third-order valence-electron chi connectivity index (χ3n) is 6.11. The van der Waals surface area contributed by atoms with Crippen molar-refractivity contribution >= 4 is 27.5 Å². The van der Waals surface area contributed by atoms with Crippen LogP contribution in [-0.4, -0.2) is 59.0 Å². The highest BCUT2D eigenvalue weighted by Gasteiger charge is 2.34. The lowest BCUT2D eigenvalue weighted by molar-refractivity contribution is -0.140. The van der Waals surface area contributed by atoms with Gasteiger partial charge in [0.2, 0.25) is 11.8 Å². The Hall–Kier alpha value is -4.05. The molecule has 202 valence electrons. The van der Waals surface area contributed by atoms with Crippen molar-refractivity contribution in [1.82, 2.24) is 10.2 Å². The smallest absolute Gasteiger partial charge is 0.264 e. The third-order valence-corrected chi connectivity index (χ3v) is 7.88. The molecule has 2 amide bonds. The second-order valence-electron chi connectivity index (χ2n) is 8.40. The van der Waals surface area contributed by atoms with Crippen LogP contribution in [0.2, 0.25) is 0 Å². The molecular formula is C28H33N3O6S. The third kappa shape index (κ3) is 6.44. The molecule has 0 saturated carbocycles. The number of amides is 2. The zero-order chi connectivity index (χ0) is 27.7. The average Bonchev–Trinajstić information content (AvgIpc) is 2.95. The highest BCUT2D eigenvalue weighted by atomic mass is 32.2. The van der Waals surface area contributed by atoms with Crippen molar-refractivity contribution in [3.63, 3.8) is 0 Å². The lowest BCUT2D eigenvalue weighted by atomic mass is 10.1. The van der Waals surface area contributed by atoms with Crippen molar-refractivity contribution in [2.24, 2.45) is 0 Å². The van der Waals surface area contributed by atoms with Crippen LogP contribution in [0.15, 0.2) is 83.8 Å². The van der Waals surface area contributed by atoms with Gasteiger partial charge < -0.3 is 19.7 Å². The SMILES string of the molecule is CCC(C(=O)NC)N(Cc1ccccc1)C(=O)CN(c1ccccc1OC)S(=O)(=O)c1ccc(OC)cc1. The van der Waals surface area contributed by atoms with Gasteiger partial charge in [0, 0.05) is 13.6 Å². The monoisotopic (exact) mass is 539 g/mol. The van der Waals surface area contributed by atoms with E-state index in [4.69, 9.17) is 9.47 Å². The van der Waals surface area contributed by atoms with Gasteiger partial charge in [0.15, 0.2) is 0 Å². The van der Waals surface area contributed by atoms with E-state index in [0.717, 1.165) is 9.87 Å². The van der Waals surface area contributed by atoms with Gasteiger partial charge in [-0.25, -0.2) is 8.42 Å². The predicted molar refractivity (Wildman–Crippen MR) is 146 cm³/mol. The molecule has 3 aromatic carbocycles. The first-order chi connectivity index (χ1) is 18.3. The Labute approximate surface area is 224 Å². The van der Waals surface area contributed by atoms with Crippen LogP contribution >= 0.6 is 0 Å². The van der Waals surface area contributed by atoms with Gasteiger partial charge in [-0.1, -0.05) is 49.4 Å². The second-order valence-corrected chi connectivity index (χ2v) is 10.3. The summed E-state index contributed by atoms with van der Waals surface area (Å²) in [7, 11) is 0.201. The Morgan fingerprint density at radius 2 is 1.53 bits per heavy atom. The lowest BCUT2D eigenvalue weighted by Gasteiger charge is -2.33. The summed E-state index contributed by atoms with van der Waals surface area (Å²) in [5, 5.41) is 2.61. The number of benzene rings is 3. The van der Waals surface area contributed by atoms with Crippen molar-refractivity contribution in [1.29, 1.82) is 0 Å². The summed E-state index contributed by atoms with van der Waals surface area (Å²) in [5.41, 5.74) is 1.01. The molecule has 0 saturated heterocycles. The standard InChI is InChI=1S/C28H33N3O6S/c1-5-24(28(33)29-2)30(19-21-11-7-6-8-12-21)27(32)20-31(25-13-9-10-14-26(25)37-4)38(34,35)23-17-15-22(36-3)16-18-23/h6-18,24H,5,19-20H2,1-4H3,(H,29,33). The Morgan fingerprint density at radius 1 is 0.895 bits per heavy atom. The van der Waals surface area contributed by atoms with E-state index in [1.54, 1.807) is 31.2 Å². The number of ether oxygens (including phenoxy) is 2. The Bertz CT molecular complexity index is 1330. The van der Waals surface area contributed by atoms with Crippen LogP contribution in [0.25, 0.3) is 0 Å². The number of hydrogen-bond acceptors (Lipinski definition) is 6. The quantitative estimate of drug-likeness (QED) is 0.378. The first-order valence-corrected chi connectivity index (χ1v) is 13.6. The molecule has 0 aliphatic carbocycles. The number of carbonyl (C=O) groups excluding carboxylic acids is 2. The molecule has 9 nitrogen and oxygen atoms in total. The molecule has 0 spiro atoms. The van der Waals surface area contributed by atoms with Crippen LogP contribution in [-0.2, 0) is 26.2 Å². The molecule has 1 atom stereocenters. The topological polar surface area (TPSA) is 105 Å². The van der Waals surface area contributed by atoms with E-state index in [2.05, 4.69) is 5.32 Å². The van der Waals surface area contributed by atoms with Crippen molar-refractivity contribution in [2.45, 2.75) is 30.8 Å². The summed E-state index contributed by atoms with van der Waals surface area (Å²) in [6, 6.07) is 20.9. The Kier molecular flexibility index (Phi) is 9.72. The maximum Gasteiger partial charge on any atom is 0.264 e. The Balaban J connectivity index is 2.09. The maximum atomic E-state index is 13.9. The molecule has 0 aliphatic heterocycles. The van der Waals surface area contributed by atoms with Crippen LogP contribution in [0.3, 0.4) is 0 Å². The largest absolute Gasteiger partial charge is 0.497 e. The van der Waals surface area contributed by atoms with E-state index >= 15 is 0 Å². The van der Waals surface area contributed by atoms with Crippen LogP contribution in [0.4, 0.5) is 5.69 Å². The van der Waals surface area contributed by atoms with Gasteiger partial charge in [-0.05, 0) is 48.4 Å². The Morgan fingerprint density at radius 3 is 2.11 bits per heavy atom. The number of likely N-dealkylation sites (N-methyl/N-ethyl adjacent to an activating group) is 1. The van der Waals surface area contributed by atoms with E-state index in [0.29, 0.717) is 12.2 Å². The summed E-state index contributed by atoms with van der Waals surface area (Å²) in [6.07, 6.45) is 0.345. The van der Waals surface area contributed by atoms with Crippen LogP contribution in [0.5, 0.6) is 11.5 Å². The molecular weight excluding hydrogens is 506 g/mol. The van der Waals surface area contributed by atoms with Gasteiger partial charge in [-0.2, -0.15) is 0 Å². The number of carbonyl (C=O) groups is 2. The number of anilines is 1. The van der Waals surface area contributed by atoms with Gasteiger partial charge >= 0.3 is 0 Å². The highest BCUT2D eigenvalue weighted by Crippen LogP contribution is 2.33. The molecule has 3 rings (SSSR count). The van der Waals surface area contributed by atoms with E-state index in [1.807, 2.05) is 30.3 Å². The zero-order valence-corrected chi connectivity index (χ0v) is 22.8. The molecule has 0 fully saturated rings. The molecule has 3 aromatic rings. The maximum absolute atomic E-state index is 13.9. The van der Waals surface area contributed by atoms with E-state index in [9.17, 15) is 18.0 Å². The average molecular weight is 540 g/mol. The number of sulfonamides is 1. The predicted octanol–water partition coefficient (Wildman–Crippen LogP) is 3.45. The minimum absolute atomic E-state index is 0.0232. The number of para-hydroxylation sites is 2. The molecule has 1 unspecified atom stereocenters. The summed E-state index contributed by atoms with van der Waals surface area (Å²) in [4.78, 5) is 28.0. The van der Waals surface area contributed by atoms with Gasteiger partial charge in [0.1, 0.15) is 24.1 Å². The molecule has 0 aromatic heterocycles. The number of rotatable bonds is 12. The van der Waals surface area contributed by atoms with Crippen LogP contribution in [0.1, 0.15) is 18.9 Å². The summed E-state index contributed by atoms with van der Waals surface area (Å²) in [5.74, 6) is -0.0921. The van der Waals surface area contributed by atoms with E-state index < -0.39 is 28.5 Å². The number of nitrogens with zero attached hydrogens (tertiary/aromatic N) is 2. The summed E-state index contributed by atoms with van der Waals surface area (Å²) >= 11 is 0. The first-order valence-electron chi connectivity index (χ1n) is 12.1. The lowest BCUT2D eigenvalue weighted by Crippen LogP contribution is -2.51. The fourth-order valence-electron chi connectivity index (χ4n) is 4.09. The highest BCUT2D eigenvalue weighted by molar-refractivity contribution is 7.92. The molecule has 0 radical (unpaired) electrons. The summed E-state index contributed by atoms with van der Waals surface area (Å²) < 4.78 is 39.5. The molecule has 38 heavy (non-hydrogen) atoms. The van der Waals surface area contributed by atoms with Crippen molar-refractivity contribution < 1.29 is 27.5 Å². The number of hydrogen-bond donors (Lipinski definition) is 1.